The van der Waals surface area contributed by atoms with Gasteiger partial charge in [-0.15, -0.1) is 0 Å². The molecule has 0 bridgehead atoms. The Morgan fingerprint density at radius 3 is 2.65 bits per heavy atom. The summed E-state index contributed by atoms with van der Waals surface area (Å²) < 4.78 is 6.71. The van der Waals surface area contributed by atoms with Crippen LogP contribution in [0.1, 0.15) is 11.1 Å². The number of rotatable bonds is 5. The minimum Gasteiger partial charge on any atom is -0.488 e. The van der Waals surface area contributed by atoms with Crippen molar-refractivity contribution in [2.75, 3.05) is 0 Å². The maximum absolute atomic E-state index is 6.14. The van der Waals surface area contributed by atoms with Crippen LogP contribution in [-0.2, 0) is 6.61 Å². The Labute approximate surface area is 157 Å². The van der Waals surface area contributed by atoms with Gasteiger partial charge in [-0.25, -0.2) is 0 Å². The molecule has 0 heterocycles. The lowest BCUT2D eigenvalue weighted by atomic mass is 10.2. The Bertz CT molecular complexity index is 735. The zero-order valence-electron chi connectivity index (χ0n) is 11.7. The predicted molar refractivity (Wildman–Crippen MR) is 102 cm³/mol. The number of thiocarbonyl (C=S) groups is 1. The molecule has 3 N–H and O–H groups in total. The van der Waals surface area contributed by atoms with E-state index in [-0.39, 0.29) is 11.7 Å². The fourth-order valence-electron chi connectivity index (χ4n) is 1.74. The fourth-order valence-corrected chi connectivity index (χ4v) is 2.68. The Morgan fingerprint density at radius 2 is 2.00 bits per heavy atom. The second kappa shape index (κ2) is 8.49. The first kappa shape index (κ1) is 18.0. The second-order valence-corrected chi connectivity index (χ2v) is 6.58. The SMILES string of the molecule is NC(=S)NN=Cc1cc(Br)ccc1OCc1c(Cl)cccc1Cl. The normalized spacial score (nSPS) is 10.7. The fraction of sp³-hybridized carbons (Fsp3) is 0.0667. The molecule has 0 saturated carbocycles. The van der Waals surface area contributed by atoms with Crippen molar-refractivity contribution in [2.45, 2.75) is 6.61 Å². The van der Waals surface area contributed by atoms with E-state index < -0.39 is 0 Å². The van der Waals surface area contributed by atoms with Gasteiger partial charge in [0.1, 0.15) is 12.4 Å². The molecule has 0 unspecified atom stereocenters. The zero-order chi connectivity index (χ0) is 16.8. The molecule has 0 radical (unpaired) electrons. The monoisotopic (exact) mass is 431 g/mol. The lowest BCUT2D eigenvalue weighted by Crippen LogP contribution is -2.24. The molecule has 0 atom stereocenters. The molecule has 0 saturated heterocycles. The van der Waals surface area contributed by atoms with Gasteiger partial charge in [-0.1, -0.05) is 45.2 Å². The molecule has 0 aliphatic carbocycles. The lowest BCUT2D eigenvalue weighted by molar-refractivity contribution is 0.306. The van der Waals surface area contributed by atoms with Gasteiger partial charge < -0.3 is 10.5 Å². The molecule has 4 nitrogen and oxygen atoms in total. The van der Waals surface area contributed by atoms with Crippen LogP contribution in [-0.4, -0.2) is 11.3 Å². The third-order valence-electron chi connectivity index (χ3n) is 2.78. The quantitative estimate of drug-likeness (QED) is 0.414. The molecule has 0 amide bonds. The third-order valence-corrected chi connectivity index (χ3v) is 4.08. The highest BCUT2D eigenvalue weighted by atomic mass is 79.9. The van der Waals surface area contributed by atoms with Crippen molar-refractivity contribution in [3.05, 3.63) is 62.0 Å². The van der Waals surface area contributed by atoms with E-state index in [1.54, 1.807) is 24.4 Å². The number of ether oxygens (including phenoxy) is 1. The van der Waals surface area contributed by atoms with E-state index in [2.05, 4.69) is 26.5 Å². The minimum atomic E-state index is 0.0848. The average Bonchev–Trinajstić information content (AvgIpc) is 2.48. The van der Waals surface area contributed by atoms with Crippen LogP contribution in [0.2, 0.25) is 10.0 Å². The number of hydrogen-bond acceptors (Lipinski definition) is 3. The summed E-state index contributed by atoms with van der Waals surface area (Å²) in [6, 6.07) is 10.9. The summed E-state index contributed by atoms with van der Waals surface area (Å²) in [7, 11) is 0. The molecule has 8 heteroatoms. The standard InChI is InChI=1S/C15H12BrCl2N3OS/c16-10-4-5-14(9(6-10)7-20-21-15(19)23)22-8-11-12(17)2-1-3-13(11)18/h1-7H,8H2,(H3,19,21,23). The maximum Gasteiger partial charge on any atom is 0.184 e. The largest absolute Gasteiger partial charge is 0.488 e. The van der Waals surface area contributed by atoms with Crippen LogP contribution in [0, 0.1) is 0 Å². The van der Waals surface area contributed by atoms with Crippen LogP contribution in [0.25, 0.3) is 0 Å². The van der Waals surface area contributed by atoms with Crippen LogP contribution in [0.5, 0.6) is 5.75 Å². The number of nitrogens with zero attached hydrogens (tertiary/aromatic N) is 1. The molecular formula is C15H12BrCl2N3OS. The number of hydrazone groups is 1. The Balaban J connectivity index is 2.19. The van der Waals surface area contributed by atoms with Crippen LogP contribution in [0.3, 0.4) is 0 Å². The van der Waals surface area contributed by atoms with Crippen molar-refractivity contribution in [2.24, 2.45) is 10.8 Å². The van der Waals surface area contributed by atoms with E-state index >= 15 is 0 Å². The maximum atomic E-state index is 6.14. The minimum absolute atomic E-state index is 0.0848. The number of nitrogens with two attached hydrogens (primary N) is 1. The van der Waals surface area contributed by atoms with Gasteiger partial charge in [0.05, 0.1) is 6.21 Å². The van der Waals surface area contributed by atoms with Gasteiger partial charge in [-0.05, 0) is 42.5 Å². The first-order valence-electron chi connectivity index (χ1n) is 6.41. The highest BCUT2D eigenvalue weighted by Crippen LogP contribution is 2.27. The summed E-state index contributed by atoms with van der Waals surface area (Å²) in [6.07, 6.45) is 1.56. The molecular weight excluding hydrogens is 421 g/mol. The molecule has 120 valence electrons. The van der Waals surface area contributed by atoms with Gasteiger partial charge in [-0.2, -0.15) is 5.10 Å². The molecule has 0 fully saturated rings. The second-order valence-electron chi connectivity index (χ2n) is 4.41. The van der Waals surface area contributed by atoms with Crippen molar-refractivity contribution >= 4 is 62.7 Å². The van der Waals surface area contributed by atoms with Crippen LogP contribution in [0.4, 0.5) is 0 Å². The summed E-state index contributed by atoms with van der Waals surface area (Å²) >= 11 is 20.4. The lowest BCUT2D eigenvalue weighted by Gasteiger charge is -2.12. The highest BCUT2D eigenvalue weighted by molar-refractivity contribution is 9.10. The van der Waals surface area contributed by atoms with Gasteiger partial charge in [0.25, 0.3) is 0 Å². The number of halogens is 3. The Hall–Kier alpha value is -1.34. The smallest absolute Gasteiger partial charge is 0.184 e. The summed E-state index contributed by atoms with van der Waals surface area (Å²) in [5, 5.41) is 5.13. The van der Waals surface area contributed by atoms with Gasteiger partial charge in [0.15, 0.2) is 5.11 Å². The summed E-state index contributed by atoms with van der Waals surface area (Å²) in [5.41, 5.74) is 9.29. The predicted octanol–water partition coefficient (Wildman–Crippen LogP) is 4.50. The van der Waals surface area contributed by atoms with Gasteiger partial charge in [-0.3, -0.25) is 5.43 Å². The van der Waals surface area contributed by atoms with E-state index in [4.69, 9.17) is 45.9 Å². The molecule has 23 heavy (non-hydrogen) atoms. The Kier molecular flexibility index (Phi) is 6.65. The Morgan fingerprint density at radius 1 is 1.30 bits per heavy atom. The molecule has 2 aromatic rings. The molecule has 0 aliphatic heterocycles. The van der Waals surface area contributed by atoms with E-state index in [9.17, 15) is 0 Å². The van der Waals surface area contributed by atoms with Crippen molar-refractivity contribution in [1.82, 2.24) is 5.43 Å². The van der Waals surface area contributed by atoms with E-state index in [0.29, 0.717) is 15.8 Å². The van der Waals surface area contributed by atoms with E-state index in [1.165, 1.54) is 0 Å². The molecule has 0 spiro atoms. The van der Waals surface area contributed by atoms with Gasteiger partial charge in [0, 0.05) is 25.6 Å². The summed E-state index contributed by atoms with van der Waals surface area (Å²) in [4.78, 5) is 0. The number of nitrogens with one attached hydrogen (secondary N) is 1. The number of benzene rings is 2. The van der Waals surface area contributed by atoms with Crippen LogP contribution >= 0.6 is 51.3 Å². The van der Waals surface area contributed by atoms with Crippen LogP contribution in [0.15, 0.2) is 46.0 Å². The number of hydrogen-bond donors (Lipinski definition) is 2. The molecule has 2 aromatic carbocycles. The summed E-state index contributed by atoms with van der Waals surface area (Å²) in [5.74, 6) is 0.623. The highest BCUT2D eigenvalue weighted by Gasteiger charge is 2.08. The van der Waals surface area contributed by atoms with Gasteiger partial charge in [0.2, 0.25) is 0 Å². The summed E-state index contributed by atoms with van der Waals surface area (Å²) in [6.45, 7) is 0.240. The topological polar surface area (TPSA) is 59.6 Å². The molecule has 0 aromatic heterocycles. The van der Waals surface area contributed by atoms with Crippen molar-refractivity contribution in [3.8, 4) is 5.75 Å². The van der Waals surface area contributed by atoms with Gasteiger partial charge >= 0.3 is 0 Å². The van der Waals surface area contributed by atoms with Crippen molar-refractivity contribution in [3.63, 3.8) is 0 Å². The van der Waals surface area contributed by atoms with E-state index in [0.717, 1.165) is 15.6 Å². The molecule has 0 aliphatic rings. The first-order chi connectivity index (χ1) is 11.0. The van der Waals surface area contributed by atoms with Crippen molar-refractivity contribution in [1.29, 1.82) is 0 Å². The average molecular weight is 433 g/mol. The van der Waals surface area contributed by atoms with Crippen molar-refractivity contribution < 1.29 is 4.74 Å². The molecule has 2 rings (SSSR count). The van der Waals surface area contributed by atoms with E-state index in [1.807, 2.05) is 18.2 Å². The third kappa shape index (κ3) is 5.35. The van der Waals surface area contributed by atoms with Crippen LogP contribution < -0.4 is 15.9 Å². The first-order valence-corrected chi connectivity index (χ1v) is 8.37. The zero-order valence-corrected chi connectivity index (χ0v) is 15.6.